The van der Waals surface area contributed by atoms with Crippen LogP contribution in [0.3, 0.4) is 0 Å². The first kappa shape index (κ1) is 21.0. The molecule has 0 unspecified atom stereocenters. The summed E-state index contributed by atoms with van der Waals surface area (Å²) in [4.78, 5) is 8.79. The van der Waals surface area contributed by atoms with Crippen molar-refractivity contribution in [2.45, 2.75) is 38.4 Å². The maximum Gasteiger partial charge on any atom is 0.0457 e. The van der Waals surface area contributed by atoms with E-state index in [1.165, 1.54) is 53.5 Å². The number of piperidine rings is 1. The molecule has 3 nitrogen and oxygen atoms in total. The zero-order chi connectivity index (χ0) is 21.6. The summed E-state index contributed by atoms with van der Waals surface area (Å²) in [5, 5.41) is 1.36. The Balaban J connectivity index is 1.22. The minimum absolute atomic E-state index is 0.651. The van der Waals surface area contributed by atoms with Crippen LogP contribution in [0.2, 0.25) is 0 Å². The third-order valence-corrected chi connectivity index (χ3v) is 6.90. The zero-order valence-corrected chi connectivity index (χ0v) is 18.8. The van der Waals surface area contributed by atoms with Gasteiger partial charge in [-0.15, -0.1) is 0 Å². The smallest absolute Gasteiger partial charge is 0.0457 e. The molecule has 1 aliphatic rings. The number of aromatic amines is 1. The molecule has 1 aromatic heterocycles. The lowest BCUT2D eigenvalue weighted by atomic mass is 10.0. The minimum atomic E-state index is 0.651. The molecule has 1 fully saturated rings. The van der Waals surface area contributed by atoms with Crippen LogP contribution in [-0.2, 0) is 19.5 Å². The normalized spacial score (nSPS) is 15.5. The van der Waals surface area contributed by atoms with Gasteiger partial charge in [0.25, 0.3) is 0 Å². The van der Waals surface area contributed by atoms with Gasteiger partial charge in [0.05, 0.1) is 0 Å². The lowest BCUT2D eigenvalue weighted by Crippen LogP contribution is -2.45. The van der Waals surface area contributed by atoms with Crippen molar-refractivity contribution in [3.63, 3.8) is 0 Å². The van der Waals surface area contributed by atoms with Gasteiger partial charge in [0.15, 0.2) is 0 Å². The number of nitrogens with zero attached hydrogens (tertiary/aromatic N) is 2. The molecule has 0 atom stereocenters. The van der Waals surface area contributed by atoms with Gasteiger partial charge >= 0.3 is 0 Å². The molecule has 0 amide bonds. The molecule has 1 N–H and O–H groups in total. The summed E-state index contributed by atoms with van der Waals surface area (Å²) in [6, 6.07) is 31.2. The van der Waals surface area contributed by atoms with E-state index in [-0.39, 0.29) is 0 Å². The number of H-pyrrole nitrogens is 1. The predicted octanol–water partition coefficient (Wildman–Crippen LogP) is 5.88. The first-order valence-corrected chi connectivity index (χ1v) is 11.9. The molecule has 3 aromatic carbocycles. The second-order valence-electron chi connectivity index (χ2n) is 9.06. The molecule has 2 heterocycles. The fourth-order valence-corrected chi connectivity index (χ4v) is 5.07. The lowest BCUT2D eigenvalue weighted by molar-refractivity contribution is 0.0999. The highest BCUT2D eigenvalue weighted by Gasteiger charge is 2.25. The van der Waals surface area contributed by atoms with E-state index in [1.807, 2.05) is 0 Å². The number of aromatic nitrogens is 1. The van der Waals surface area contributed by atoms with Crippen molar-refractivity contribution in [2.24, 2.45) is 0 Å². The Morgan fingerprint density at radius 1 is 0.781 bits per heavy atom. The van der Waals surface area contributed by atoms with E-state index in [4.69, 9.17) is 0 Å². The van der Waals surface area contributed by atoms with Gasteiger partial charge in [-0.05, 0) is 55.1 Å². The molecule has 0 saturated carbocycles. The van der Waals surface area contributed by atoms with Gasteiger partial charge in [-0.3, -0.25) is 9.80 Å². The van der Waals surface area contributed by atoms with E-state index in [0.29, 0.717) is 6.04 Å². The van der Waals surface area contributed by atoms with Crippen LogP contribution in [0.5, 0.6) is 0 Å². The number of para-hydroxylation sites is 1. The summed E-state index contributed by atoms with van der Waals surface area (Å²) < 4.78 is 0. The minimum Gasteiger partial charge on any atom is -0.361 e. The fourth-order valence-electron chi connectivity index (χ4n) is 5.07. The molecule has 5 rings (SSSR count). The third-order valence-electron chi connectivity index (χ3n) is 6.90. The number of likely N-dealkylation sites (tertiary alicyclic amines) is 1. The molecule has 0 radical (unpaired) electrons. The number of rotatable bonds is 8. The Labute approximate surface area is 191 Å². The van der Waals surface area contributed by atoms with Gasteiger partial charge < -0.3 is 4.98 Å². The van der Waals surface area contributed by atoms with E-state index >= 15 is 0 Å². The summed E-state index contributed by atoms with van der Waals surface area (Å²) >= 11 is 0. The second-order valence-corrected chi connectivity index (χ2v) is 9.06. The summed E-state index contributed by atoms with van der Waals surface area (Å²) in [6.07, 6.45) is 5.79. The van der Waals surface area contributed by atoms with Crippen LogP contribution < -0.4 is 0 Å². The highest BCUT2D eigenvalue weighted by atomic mass is 15.2. The summed E-state index contributed by atoms with van der Waals surface area (Å²) in [5.41, 5.74) is 5.51. The van der Waals surface area contributed by atoms with Gasteiger partial charge in [-0.2, -0.15) is 0 Å². The van der Waals surface area contributed by atoms with Gasteiger partial charge in [0, 0.05) is 42.8 Å². The summed E-state index contributed by atoms with van der Waals surface area (Å²) in [6.45, 7) is 5.54. The van der Waals surface area contributed by atoms with Gasteiger partial charge in [-0.25, -0.2) is 0 Å². The average molecular weight is 424 g/mol. The molecule has 0 aliphatic carbocycles. The SMILES string of the molecule is c1ccc(CCN(Cc2ccccc2)C2CCN(Cc3c[nH]c4ccccc34)CC2)cc1. The van der Waals surface area contributed by atoms with Crippen LogP contribution in [0.25, 0.3) is 10.9 Å². The highest BCUT2D eigenvalue weighted by Crippen LogP contribution is 2.24. The first-order chi connectivity index (χ1) is 15.8. The van der Waals surface area contributed by atoms with Gasteiger partial charge in [0.1, 0.15) is 0 Å². The largest absolute Gasteiger partial charge is 0.361 e. The Morgan fingerprint density at radius 2 is 1.44 bits per heavy atom. The van der Waals surface area contributed by atoms with Crippen LogP contribution in [0.4, 0.5) is 0 Å². The molecule has 3 heteroatoms. The number of benzene rings is 3. The van der Waals surface area contributed by atoms with Crippen molar-refractivity contribution in [1.29, 1.82) is 0 Å². The Hall–Kier alpha value is -2.88. The van der Waals surface area contributed by atoms with Crippen LogP contribution in [-0.4, -0.2) is 40.5 Å². The molecular formula is C29H33N3. The van der Waals surface area contributed by atoms with Crippen molar-refractivity contribution >= 4 is 10.9 Å². The van der Waals surface area contributed by atoms with Crippen molar-refractivity contribution in [3.8, 4) is 0 Å². The first-order valence-electron chi connectivity index (χ1n) is 11.9. The monoisotopic (exact) mass is 423 g/mol. The molecule has 1 aliphatic heterocycles. The molecule has 0 spiro atoms. The topological polar surface area (TPSA) is 22.3 Å². The third kappa shape index (κ3) is 5.12. The quantitative estimate of drug-likeness (QED) is 0.382. The maximum absolute atomic E-state index is 3.43. The average Bonchev–Trinajstić information content (AvgIpc) is 3.26. The van der Waals surface area contributed by atoms with Crippen molar-refractivity contribution in [3.05, 3.63) is 108 Å². The number of nitrogens with one attached hydrogen (secondary N) is 1. The van der Waals surface area contributed by atoms with Gasteiger partial charge in [0.2, 0.25) is 0 Å². The van der Waals surface area contributed by atoms with E-state index < -0.39 is 0 Å². The van der Waals surface area contributed by atoms with E-state index in [2.05, 4.69) is 106 Å². The molecule has 164 valence electrons. The Morgan fingerprint density at radius 3 is 2.19 bits per heavy atom. The predicted molar refractivity (Wildman–Crippen MR) is 134 cm³/mol. The molecular weight excluding hydrogens is 390 g/mol. The van der Waals surface area contributed by atoms with Crippen molar-refractivity contribution in [2.75, 3.05) is 19.6 Å². The van der Waals surface area contributed by atoms with Gasteiger partial charge in [-0.1, -0.05) is 78.9 Å². The number of fused-ring (bicyclic) bond motifs is 1. The number of hydrogen-bond acceptors (Lipinski definition) is 2. The van der Waals surface area contributed by atoms with E-state index in [1.54, 1.807) is 0 Å². The number of hydrogen-bond donors (Lipinski definition) is 1. The molecule has 0 bridgehead atoms. The Kier molecular flexibility index (Phi) is 6.66. The van der Waals surface area contributed by atoms with Crippen LogP contribution in [0.1, 0.15) is 29.5 Å². The van der Waals surface area contributed by atoms with E-state index in [0.717, 1.165) is 26.1 Å². The zero-order valence-electron chi connectivity index (χ0n) is 18.8. The fraction of sp³-hybridized carbons (Fsp3) is 0.310. The van der Waals surface area contributed by atoms with Crippen LogP contribution >= 0.6 is 0 Å². The highest BCUT2D eigenvalue weighted by molar-refractivity contribution is 5.82. The standard InChI is InChI=1S/C29H33N3/c1-3-9-24(10-4-1)15-20-32(22-25-11-5-2-6-12-25)27-16-18-31(19-17-27)23-26-21-30-29-14-8-7-13-28(26)29/h1-14,21,27,30H,15-20,22-23H2. The van der Waals surface area contributed by atoms with E-state index in [9.17, 15) is 0 Å². The summed E-state index contributed by atoms with van der Waals surface area (Å²) in [5.74, 6) is 0. The van der Waals surface area contributed by atoms with Crippen LogP contribution in [0.15, 0.2) is 91.1 Å². The van der Waals surface area contributed by atoms with Crippen molar-refractivity contribution in [1.82, 2.24) is 14.8 Å². The second kappa shape index (κ2) is 10.2. The Bertz CT molecular complexity index is 1090. The van der Waals surface area contributed by atoms with Crippen molar-refractivity contribution < 1.29 is 0 Å². The molecule has 4 aromatic rings. The molecule has 1 saturated heterocycles. The lowest BCUT2D eigenvalue weighted by Gasteiger charge is -2.38. The van der Waals surface area contributed by atoms with Crippen LogP contribution in [0, 0.1) is 0 Å². The summed E-state index contributed by atoms with van der Waals surface area (Å²) in [7, 11) is 0. The molecule has 32 heavy (non-hydrogen) atoms. The maximum atomic E-state index is 3.43.